The van der Waals surface area contributed by atoms with Crippen molar-refractivity contribution in [2.24, 2.45) is 5.92 Å². The van der Waals surface area contributed by atoms with Crippen LogP contribution in [0, 0.1) is 5.92 Å². The van der Waals surface area contributed by atoms with Crippen molar-refractivity contribution in [2.45, 2.75) is 32.3 Å². The Kier molecular flexibility index (Phi) is 1.86. The highest BCUT2D eigenvalue weighted by atomic mass is 19.3. The van der Waals surface area contributed by atoms with E-state index in [9.17, 15) is 13.6 Å². The van der Waals surface area contributed by atoms with Crippen molar-refractivity contribution >= 4 is 5.97 Å². The van der Waals surface area contributed by atoms with E-state index in [1.54, 1.807) is 6.92 Å². The molecular formula is C7H10F2O2. The molecule has 0 amide bonds. The van der Waals surface area contributed by atoms with Crippen molar-refractivity contribution in [3.8, 4) is 0 Å². The van der Waals surface area contributed by atoms with Crippen LogP contribution < -0.4 is 0 Å². The number of esters is 1. The van der Waals surface area contributed by atoms with Crippen molar-refractivity contribution < 1.29 is 18.3 Å². The molecule has 1 rings (SSSR count). The number of rotatable bonds is 1. The number of halogens is 2. The molecule has 11 heavy (non-hydrogen) atoms. The van der Waals surface area contributed by atoms with Gasteiger partial charge in [-0.2, -0.15) is 8.78 Å². The number of cyclic esters (lactones) is 1. The summed E-state index contributed by atoms with van der Waals surface area (Å²) >= 11 is 0. The Bertz CT molecular complexity index is 179. The number of hydrogen-bond donors (Lipinski definition) is 0. The maximum atomic E-state index is 12.7. The largest absolute Gasteiger partial charge is 0.457 e. The van der Waals surface area contributed by atoms with E-state index in [0.717, 1.165) is 0 Å². The molecule has 0 radical (unpaired) electrons. The maximum absolute atomic E-state index is 12.7. The highest BCUT2D eigenvalue weighted by Gasteiger charge is 2.56. The lowest BCUT2D eigenvalue weighted by atomic mass is 9.99. The summed E-state index contributed by atoms with van der Waals surface area (Å²) in [5, 5.41) is 0. The molecule has 2 nitrogen and oxygen atoms in total. The number of carbonyl (C=O) groups is 1. The van der Waals surface area contributed by atoms with Gasteiger partial charge in [0.2, 0.25) is 0 Å². The molecule has 2 atom stereocenters. The number of alkyl halides is 2. The van der Waals surface area contributed by atoms with E-state index >= 15 is 0 Å². The van der Waals surface area contributed by atoms with Gasteiger partial charge in [-0.25, -0.2) is 4.79 Å². The Labute approximate surface area is 63.5 Å². The monoisotopic (exact) mass is 164 g/mol. The van der Waals surface area contributed by atoms with Gasteiger partial charge in [-0.3, -0.25) is 0 Å². The molecule has 0 aromatic carbocycles. The van der Waals surface area contributed by atoms with Crippen LogP contribution in [0.15, 0.2) is 0 Å². The average Bonchev–Trinajstić information content (AvgIpc) is 2.14. The molecule has 0 spiro atoms. The van der Waals surface area contributed by atoms with Crippen LogP contribution in [0.3, 0.4) is 0 Å². The Morgan fingerprint density at radius 2 is 2.18 bits per heavy atom. The molecule has 0 N–H and O–H groups in total. The predicted octanol–water partition coefficient (Wildman–Crippen LogP) is 1.59. The summed E-state index contributed by atoms with van der Waals surface area (Å²) in [6.45, 7) is 3.05. The van der Waals surface area contributed by atoms with E-state index in [1.165, 1.54) is 6.92 Å². The predicted molar refractivity (Wildman–Crippen MR) is 34.3 cm³/mol. The summed E-state index contributed by atoms with van der Waals surface area (Å²) in [7, 11) is 0. The quantitative estimate of drug-likeness (QED) is 0.550. The van der Waals surface area contributed by atoms with Gasteiger partial charge in [0.05, 0.1) is 5.92 Å². The number of hydrogen-bond acceptors (Lipinski definition) is 2. The lowest BCUT2D eigenvalue weighted by molar-refractivity contribution is -0.160. The summed E-state index contributed by atoms with van der Waals surface area (Å²) in [5.41, 5.74) is 0. The minimum Gasteiger partial charge on any atom is -0.457 e. The first-order chi connectivity index (χ1) is 5.00. The lowest BCUT2D eigenvalue weighted by Crippen LogP contribution is -2.30. The zero-order valence-corrected chi connectivity index (χ0v) is 6.43. The molecule has 1 aliphatic heterocycles. The SMILES string of the molecule is CCC1OC(=O)C(F)(F)C1C. The van der Waals surface area contributed by atoms with Gasteiger partial charge < -0.3 is 4.74 Å². The fraction of sp³-hybridized carbons (Fsp3) is 0.857. The van der Waals surface area contributed by atoms with Gasteiger partial charge in [0.15, 0.2) is 0 Å². The van der Waals surface area contributed by atoms with Gasteiger partial charge in [0.1, 0.15) is 6.10 Å². The molecule has 64 valence electrons. The van der Waals surface area contributed by atoms with E-state index in [2.05, 4.69) is 4.74 Å². The normalized spacial score (nSPS) is 35.5. The van der Waals surface area contributed by atoms with Crippen LogP contribution in [0.2, 0.25) is 0 Å². The Morgan fingerprint density at radius 3 is 2.36 bits per heavy atom. The number of carbonyl (C=O) groups excluding carboxylic acids is 1. The molecular weight excluding hydrogens is 154 g/mol. The second-order valence-corrected chi connectivity index (χ2v) is 2.76. The van der Waals surface area contributed by atoms with Crippen molar-refractivity contribution in [1.29, 1.82) is 0 Å². The van der Waals surface area contributed by atoms with Crippen LogP contribution in [-0.4, -0.2) is 18.0 Å². The molecule has 2 unspecified atom stereocenters. The van der Waals surface area contributed by atoms with Crippen LogP contribution in [0.5, 0.6) is 0 Å². The second kappa shape index (κ2) is 2.43. The average molecular weight is 164 g/mol. The highest BCUT2D eigenvalue weighted by molar-refractivity contribution is 5.80. The Balaban J connectivity index is 2.80. The van der Waals surface area contributed by atoms with Gasteiger partial charge in [-0.1, -0.05) is 13.8 Å². The molecule has 0 aromatic rings. The van der Waals surface area contributed by atoms with Crippen LogP contribution in [0.25, 0.3) is 0 Å². The minimum atomic E-state index is -3.28. The standard InChI is InChI=1S/C7H10F2O2/c1-3-5-4(2)7(8,9)6(10)11-5/h4-5H,3H2,1-2H3. The molecule has 1 heterocycles. The highest BCUT2D eigenvalue weighted by Crippen LogP contribution is 2.37. The molecule has 1 fully saturated rings. The number of ether oxygens (including phenoxy) is 1. The second-order valence-electron chi connectivity index (χ2n) is 2.76. The molecule has 4 heteroatoms. The van der Waals surface area contributed by atoms with E-state index in [-0.39, 0.29) is 0 Å². The first-order valence-electron chi connectivity index (χ1n) is 3.59. The first kappa shape index (κ1) is 8.43. The van der Waals surface area contributed by atoms with Crippen molar-refractivity contribution in [1.82, 2.24) is 0 Å². The van der Waals surface area contributed by atoms with Gasteiger partial charge in [-0.15, -0.1) is 0 Å². The van der Waals surface area contributed by atoms with Crippen molar-refractivity contribution in [3.63, 3.8) is 0 Å². The first-order valence-corrected chi connectivity index (χ1v) is 3.59. The maximum Gasteiger partial charge on any atom is 0.377 e. The van der Waals surface area contributed by atoms with Gasteiger partial charge in [0.25, 0.3) is 0 Å². The molecule has 1 aliphatic rings. The zero-order chi connectivity index (χ0) is 8.65. The van der Waals surface area contributed by atoms with Gasteiger partial charge in [-0.05, 0) is 6.42 Å². The lowest BCUT2D eigenvalue weighted by Gasteiger charge is -2.12. The summed E-state index contributed by atoms with van der Waals surface area (Å²) in [4.78, 5) is 10.5. The van der Waals surface area contributed by atoms with Crippen LogP contribution >= 0.6 is 0 Å². The van der Waals surface area contributed by atoms with E-state index in [0.29, 0.717) is 6.42 Å². The summed E-state index contributed by atoms with van der Waals surface area (Å²) < 4.78 is 29.8. The third kappa shape index (κ3) is 1.10. The smallest absolute Gasteiger partial charge is 0.377 e. The van der Waals surface area contributed by atoms with Crippen LogP contribution in [-0.2, 0) is 9.53 Å². The molecule has 0 saturated carbocycles. The van der Waals surface area contributed by atoms with E-state index < -0.39 is 23.9 Å². The van der Waals surface area contributed by atoms with Crippen LogP contribution in [0.4, 0.5) is 8.78 Å². The third-order valence-corrected chi connectivity index (χ3v) is 2.06. The summed E-state index contributed by atoms with van der Waals surface area (Å²) in [6, 6.07) is 0. The van der Waals surface area contributed by atoms with Gasteiger partial charge >= 0.3 is 11.9 Å². The molecule has 0 bridgehead atoms. The molecule has 0 aromatic heterocycles. The van der Waals surface area contributed by atoms with Crippen molar-refractivity contribution in [2.75, 3.05) is 0 Å². The van der Waals surface area contributed by atoms with Crippen molar-refractivity contribution in [3.05, 3.63) is 0 Å². The topological polar surface area (TPSA) is 26.3 Å². The summed E-state index contributed by atoms with van der Waals surface area (Å²) in [6.07, 6.45) is -0.167. The van der Waals surface area contributed by atoms with Gasteiger partial charge in [0, 0.05) is 0 Å². The molecule has 0 aliphatic carbocycles. The van der Waals surface area contributed by atoms with E-state index in [4.69, 9.17) is 0 Å². The zero-order valence-electron chi connectivity index (χ0n) is 6.43. The Hall–Kier alpha value is -0.670. The van der Waals surface area contributed by atoms with Crippen LogP contribution in [0.1, 0.15) is 20.3 Å². The summed E-state index contributed by atoms with van der Waals surface area (Å²) in [5.74, 6) is -5.64. The molecule has 1 saturated heterocycles. The third-order valence-electron chi connectivity index (χ3n) is 2.06. The van der Waals surface area contributed by atoms with E-state index in [1.807, 2.05) is 0 Å². The minimum absolute atomic E-state index is 0.447. The fourth-order valence-corrected chi connectivity index (χ4v) is 1.17. The fourth-order valence-electron chi connectivity index (χ4n) is 1.17. The Morgan fingerprint density at radius 1 is 1.64 bits per heavy atom.